The molecule has 1 fully saturated rings. The molecule has 0 aromatic heterocycles. The zero-order valence-corrected chi connectivity index (χ0v) is 14.9. The van der Waals surface area contributed by atoms with E-state index in [-0.39, 0.29) is 12.5 Å². The van der Waals surface area contributed by atoms with Crippen LogP contribution in [0.2, 0.25) is 0 Å². The molecular weight excluding hydrogens is 355 g/mol. The highest BCUT2D eigenvalue weighted by atomic mass is 19.4. The van der Waals surface area contributed by atoms with E-state index in [1.807, 2.05) is 24.3 Å². The van der Waals surface area contributed by atoms with Gasteiger partial charge in [-0.1, -0.05) is 0 Å². The highest BCUT2D eigenvalue weighted by Gasteiger charge is 2.29. The molecule has 1 aliphatic rings. The average molecular weight is 377 g/mol. The van der Waals surface area contributed by atoms with Crippen molar-refractivity contribution in [3.05, 3.63) is 54.1 Å². The molecule has 0 saturated carbocycles. The molecule has 0 aliphatic carbocycles. The third-order valence-electron chi connectivity index (χ3n) is 4.54. The van der Waals surface area contributed by atoms with Crippen LogP contribution in [0.1, 0.15) is 24.8 Å². The second-order valence-electron chi connectivity index (χ2n) is 6.57. The maximum absolute atomic E-state index is 12.5. The monoisotopic (exact) mass is 377 g/mol. The molecule has 0 atom stereocenters. The van der Waals surface area contributed by atoms with E-state index in [1.165, 1.54) is 37.1 Å². The Morgan fingerprint density at radius 2 is 1.48 bits per heavy atom. The van der Waals surface area contributed by atoms with Crippen molar-refractivity contribution < 1.29 is 18.0 Å². The molecule has 0 bridgehead atoms. The second kappa shape index (κ2) is 8.33. The number of hydrogen-bond donors (Lipinski definition) is 2. The van der Waals surface area contributed by atoms with Crippen molar-refractivity contribution >= 4 is 23.0 Å². The van der Waals surface area contributed by atoms with Gasteiger partial charge in [0.05, 0.1) is 12.1 Å². The molecule has 144 valence electrons. The van der Waals surface area contributed by atoms with Gasteiger partial charge >= 0.3 is 6.18 Å². The Hall–Kier alpha value is -2.70. The molecule has 1 aliphatic heterocycles. The minimum Gasteiger partial charge on any atom is -0.376 e. The van der Waals surface area contributed by atoms with Crippen LogP contribution in [0.15, 0.2) is 48.5 Å². The summed E-state index contributed by atoms with van der Waals surface area (Å²) in [7, 11) is 0. The third kappa shape index (κ3) is 5.39. The van der Waals surface area contributed by atoms with Crippen molar-refractivity contribution in [2.45, 2.75) is 25.4 Å². The fourth-order valence-corrected chi connectivity index (χ4v) is 3.07. The van der Waals surface area contributed by atoms with Crippen LogP contribution in [0, 0.1) is 0 Å². The molecule has 0 spiro atoms. The Labute approximate surface area is 156 Å². The van der Waals surface area contributed by atoms with Crippen LogP contribution in [0.3, 0.4) is 0 Å². The van der Waals surface area contributed by atoms with Gasteiger partial charge in [-0.3, -0.25) is 4.79 Å². The van der Waals surface area contributed by atoms with Crippen molar-refractivity contribution in [3.8, 4) is 0 Å². The summed E-state index contributed by atoms with van der Waals surface area (Å²) in [5.74, 6) is -0.324. The molecule has 1 saturated heterocycles. The zero-order chi connectivity index (χ0) is 19.3. The quantitative estimate of drug-likeness (QED) is 0.791. The number of carbonyl (C=O) groups is 1. The van der Waals surface area contributed by atoms with E-state index in [9.17, 15) is 18.0 Å². The summed E-state index contributed by atoms with van der Waals surface area (Å²) in [6, 6.07) is 12.3. The molecule has 1 amide bonds. The van der Waals surface area contributed by atoms with Gasteiger partial charge in [0.25, 0.3) is 0 Å². The average Bonchev–Trinajstić information content (AvgIpc) is 2.67. The normalized spacial score (nSPS) is 14.7. The maximum Gasteiger partial charge on any atom is 0.416 e. The van der Waals surface area contributed by atoms with Crippen molar-refractivity contribution in [1.82, 2.24) is 0 Å². The fourth-order valence-electron chi connectivity index (χ4n) is 3.07. The van der Waals surface area contributed by atoms with Gasteiger partial charge in [-0.25, -0.2) is 0 Å². The van der Waals surface area contributed by atoms with Crippen molar-refractivity contribution in [2.75, 3.05) is 35.2 Å². The van der Waals surface area contributed by atoms with Gasteiger partial charge in [0.2, 0.25) is 5.91 Å². The van der Waals surface area contributed by atoms with Crippen LogP contribution in [0.4, 0.5) is 30.2 Å². The van der Waals surface area contributed by atoms with Crippen LogP contribution in [-0.2, 0) is 11.0 Å². The predicted octanol–water partition coefficient (Wildman–Crippen LogP) is 4.75. The SMILES string of the molecule is O=C(CNc1ccc(N2CCCCC2)cc1)Nc1ccc(C(F)(F)F)cc1. The number of amides is 1. The predicted molar refractivity (Wildman–Crippen MR) is 101 cm³/mol. The van der Waals surface area contributed by atoms with Crippen LogP contribution in [0.25, 0.3) is 0 Å². The lowest BCUT2D eigenvalue weighted by Crippen LogP contribution is -2.29. The second-order valence-corrected chi connectivity index (χ2v) is 6.57. The summed E-state index contributed by atoms with van der Waals surface area (Å²) in [6.45, 7) is 2.18. The summed E-state index contributed by atoms with van der Waals surface area (Å²) in [5.41, 5.74) is 1.58. The molecule has 2 N–H and O–H groups in total. The van der Waals surface area contributed by atoms with E-state index in [4.69, 9.17) is 0 Å². The Bertz CT molecular complexity index is 752. The van der Waals surface area contributed by atoms with Gasteiger partial charge in [0.1, 0.15) is 0 Å². The Morgan fingerprint density at radius 1 is 0.889 bits per heavy atom. The summed E-state index contributed by atoms with van der Waals surface area (Å²) >= 11 is 0. The minimum absolute atomic E-state index is 0.0318. The molecule has 2 aromatic rings. The maximum atomic E-state index is 12.5. The molecule has 27 heavy (non-hydrogen) atoms. The van der Waals surface area contributed by atoms with E-state index in [2.05, 4.69) is 15.5 Å². The minimum atomic E-state index is -4.38. The largest absolute Gasteiger partial charge is 0.416 e. The molecule has 0 radical (unpaired) electrons. The van der Waals surface area contributed by atoms with E-state index in [0.717, 1.165) is 30.9 Å². The van der Waals surface area contributed by atoms with Gasteiger partial charge in [-0.15, -0.1) is 0 Å². The van der Waals surface area contributed by atoms with Crippen molar-refractivity contribution in [2.24, 2.45) is 0 Å². The van der Waals surface area contributed by atoms with Gasteiger partial charge in [-0.05, 0) is 67.8 Å². The van der Waals surface area contributed by atoms with Crippen molar-refractivity contribution in [3.63, 3.8) is 0 Å². The Kier molecular flexibility index (Phi) is 5.88. The summed E-state index contributed by atoms with van der Waals surface area (Å²) in [5, 5.41) is 5.60. The zero-order valence-electron chi connectivity index (χ0n) is 14.9. The third-order valence-corrected chi connectivity index (χ3v) is 4.54. The standard InChI is InChI=1S/C20H22F3N3O/c21-20(22,23)15-4-6-17(7-5-15)25-19(27)14-24-16-8-10-18(11-9-16)26-12-2-1-3-13-26/h4-11,24H,1-3,12-14H2,(H,25,27). The lowest BCUT2D eigenvalue weighted by molar-refractivity contribution is -0.137. The highest BCUT2D eigenvalue weighted by molar-refractivity contribution is 5.93. The van der Waals surface area contributed by atoms with E-state index < -0.39 is 11.7 Å². The first-order valence-corrected chi connectivity index (χ1v) is 8.98. The van der Waals surface area contributed by atoms with Crippen molar-refractivity contribution in [1.29, 1.82) is 0 Å². The smallest absolute Gasteiger partial charge is 0.376 e. The summed E-state index contributed by atoms with van der Waals surface area (Å²) in [4.78, 5) is 14.3. The number of nitrogens with one attached hydrogen (secondary N) is 2. The molecule has 7 heteroatoms. The highest BCUT2D eigenvalue weighted by Crippen LogP contribution is 2.29. The molecular formula is C20H22F3N3O. The number of carbonyl (C=O) groups excluding carboxylic acids is 1. The Balaban J connectivity index is 1.48. The summed E-state index contributed by atoms with van der Waals surface area (Å²) < 4.78 is 37.6. The number of halogens is 3. The molecule has 0 unspecified atom stereocenters. The molecule has 2 aromatic carbocycles. The number of alkyl halides is 3. The van der Waals surface area contributed by atoms with Gasteiger partial charge in [-0.2, -0.15) is 13.2 Å². The number of piperidine rings is 1. The lowest BCUT2D eigenvalue weighted by atomic mass is 10.1. The molecule has 4 nitrogen and oxygen atoms in total. The van der Waals surface area contributed by atoms with Gasteiger partial charge in [0, 0.05) is 30.2 Å². The van der Waals surface area contributed by atoms with Crippen LogP contribution < -0.4 is 15.5 Å². The number of benzene rings is 2. The molecule has 1 heterocycles. The number of anilines is 3. The number of rotatable bonds is 5. The van der Waals surface area contributed by atoms with Gasteiger partial charge < -0.3 is 15.5 Å². The number of hydrogen-bond acceptors (Lipinski definition) is 3. The first kappa shape index (κ1) is 19.1. The van der Waals surface area contributed by atoms with E-state index >= 15 is 0 Å². The summed E-state index contributed by atoms with van der Waals surface area (Å²) in [6.07, 6.45) is -0.678. The van der Waals surface area contributed by atoms with Crippen LogP contribution in [0.5, 0.6) is 0 Å². The first-order chi connectivity index (χ1) is 12.9. The fraction of sp³-hybridized carbons (Fsp3) is 0.350. The lowest BCUT2D eigenvalue weighted by Gasteiger charge is -2.28. The van der Waals surface area contributed by atoms with E-state index in [1.54, 1.807) is 0 Å². The Morgan fingerprint density at radius 3 is 2.07 bits per heavy atom. The van der Waals surface area contributed by atoms with Crippen LogP contribution in [-0.4, -0.2) is 25.5 Å². The van der Waals surface area contributed by atoms with E-state index in [0.29, 0.717) is 5.69 Å². The van der Waals surface area contributed by atoms with Gasteiger partial charge in [0.15, 0.2) is 0 Å². The molecule has 3 rings (SSSR count). The van der Waals surface area contributed by atoms with Crippen LogP contribution >= 0.6 is 0 Å². The number of nitrogens with zero attached hydrogens (tertiary/aromatic N) is 1. The topological polar surface area (TPSA) is 44.4 Å². The first-order valence-electron chi connectivity index (χ1n) is 8.98.